The normalized spacial score (nSPS) is 12.4. The van der Waals surface area contributed by atoms with Gasteiger partial charge < -0.3 is 5.73 Å². The Morgan fingerprint density at radius 3 is 2.53 bits per heavy atom. The van der Waals surface area contributed by atoms with Crippen molar-refractivity contribution in [3.05, 3.63) is 65.5 Å². The van der Waals surface area contributed by atoms with Gasteiger partial charge in [0.15, 0.2) is 0 Å². The quantitative estimate of drug-likeness (QED) is 0.870. The van der Waals surface area contributed by atoms with Gasteiger partial charge in [-0.1, -0.05) is 36.4 Å². The predicted octanol–water partition coefficient (Wildman–Crippen LogP) is 3.02. The van der Waals surface area contributed by atoms with Gasteiger partial charge in [-0.15, -0.1) is 0 Å². The van der Waals surface area contributed by atoms with Gasteiger partial charge in [0.05, 0.1) is 0 Å². The largest absolute Gasteiger partial charge is 0.324 e. The summed E-state index contributed by atoms with van der Waals surface area (Å²) in [5.41, 5.74) is 9.64. The zero-order chi connectivity index (χ0) is 12.1. The Balaban J connectivity index is 1.93. The molecule has 2 heteroatoms. The van der Waals surface area contributed by atoms with Crippen LogP contribution in [0, 0.1) is 6.92 Å². The highest BCUT2D eigenvalue weighted by Crippen LogP contribution is 2.16. The summed E-state index contributed by atoms with van der Waals surface area (Å²) in [6, 6.07) is 14.6. The number of hydrogen-bond acceptors (Lipinski definition) is 2. The van der Waals surface area contributed by atoms with Crippen molar-refractivity contribution >= 4 is 0 Å². The first-order valence-corrected chi connectivity index (χ1v) is 5.98. The van der Waals surface area contributed by atoms with Crippen LogP contribution in [0.25, 0.3) is 0 Å². The van der Waals surface area contributed by atoms with Gasteiger partial charge in [-0.2, -0.15) is 0 Å². The van der Waals surface area contributed by atoms with Gasteiger partial charge in [-0.3, -0.25) is 4.98 Å². The molecule has 17 heavy (non-hydrogen) atoms. The molecule has 0 aliphatic heterocycles. The van der Waals surface area contributed by atoms with E-state index >= 15 is 0 Å². The Hall–Kier alpha value is -1.67. The fourth-order valence-corrected chi connectivity index (χ4v) is 1.83. The molecule has 1 atom stereocenters. The minimum absolute atomic E-state index is 0.0725. The van der Waals surface area contributed by atoms with Crippen LogP contribution in [-0.2, 0) is 6.42 Å². The van der Waals surface area contributed by atoms with Gasteiger partial charge in [-0.05, 0) is 37.0 Å². The van der Waals surface area contributed by atoms with Gasteiger partial charge in [0.1, 0.15) is 0 Å². The monoisotopic (exact) mass is 226 g/mol. The second-order valence-corrected chi connectivity index (χ2v) is 4.36. The van der Waals surface area contributed by atoms with Crippen LogP contribution in [0.15, 0.2) is 48.7 Å². The Bertz CT molecular complexity index is 448. The van der Waals surface area contributed by atoms with E-state index in [1.165, 1.54) is 5.56 Å². The van der Waals surface area contributed by atoms with Crippen LogP contribution >= 0.6 is 0 Å². The zero-order valence-corrected chi connectivity index (χ0v) is 10.1. The molecule has 2 nitrogen and oxygen atoms in total. The van der Waals surface area contributed by atoms with Crippen molar-refractivity contribution in [3.63, 3.8) is 0 Å². The third-order valence-electron chi connectivity index (χ3n) is 2.95. The van der Waals surface area contributed by atoms with Crippen molar-refractivity contribution in [2.75, 3.05) is 0 Å². The van der Waals surface area contributed by atoms with Gasteiger partial charge in [0.2, 0.25) is 0 Å². The average molecular weight is 226 g/mol. The van der Waals surface area contributed by atoms with E-state index < -0.39 is 0 Å². The maximum Gasteiger partial charge on any atom is 0.0372 e. The molecule has 1 heterocycles. The molecule has 0 amide bonds. The average Bonchev–Trinajstić information content (AvgIpc) is 2.38. The Kier molecular flexibility index (Phi) is 3.89. The smallest absolute Gasteiger partial charge is 0.0372 e. The molecule has 1 aromatic heterocycles. The van der Waals surface area contributed by atoms with Crippen LogP contribution in [0.4, 0.5) is 0 Å². The minimum atomic E-state index is 0.0725. The molecule has 0 spiro atoms. The van der Waals surface area contributed by atoms with Crippen molar-refractivity contribution in [1.29, 1.82) is 0 Å². The van der Waals surface area contributed by atoms with Gasteiger partial charge in [0, 0.05) is 17.9 Å². The first-order valence-electron chi connectivity index (χ1n) is 5.98. The molecule has 0 radical (unpaired) electrons. The number of rotatable bonds is 4. The van der Waals surface area contributed by atoms with E-state index in [4.69, 9.17) is 5.73 Å². The van der Waals surface area contributed by atoms with Gasteiger partial charge in [-0.25, -0.2) is 0 Å². The van der Waals surface area contributed by atoms with Crippen LogP contribution in [0.1, 0.15) is 29.3 Å². The SMILES string of the molecule is Cc1ccc(C(N)CCc2ccccc2)cn1. The molecule has 0 saturated heterocycles. The molecular weight excluding hydrogens is 208 g/mol. The highest BCUT2D eigenvalue weighted by molar-refractivity contribution is 5.19. The number of nitrogens with zero attached hydrogens (tertiary/aromatic N) is 1. The van der Waals surface area contributed by atoms with E-state index in [0.29, 0.717) is 0 Å². The van der Waals surface area contributed by atoms with E-state index in [1.54, 1.807) is 0 Å². The fourth-order valence-electron chi connectivity index (χ4n) is 1.83. The van der Waals surface area contributed by atoms with Crippen molar-refractivity contribution in [1.82, 2.24) is 4.98 Å². The maximum atomic E-state index is 6.15. The highest BCUT2D eigenvalue weighted by atomic mass is 14.7. The second kappa shape index (κ2) is 5.60. The first kappa shape index (κ1) is 11.8. The third kappa shape index (κ3) is 3.40. The Morgan fingerprint density at radius 1 is 1.12 bits per heavy atom. The van der Waals surface area contributed by atoms with Gasteiger partial charge in [0.25, 0.3) is 0 Å². The summed E-state index contributed by atoms with van der Waals surface area (Å²) < 4.78 is 0. The van der Waals surface area contributed by atoms with Crippen LogP contribution in [0.2, 0.25) is 0 Å². The summed E-state index contributed by atoms with van der Waals surface area (Å²) in [5, 5.41) is 0. The molecule has 2 rings (SSSR count). The highest BCUT2D eigenvalue weighted by Gasteiger charge is 2.06. The summed E-state index contributed by atoms with van der Waals surface area (Å²) >= 11 is 0. The predicted molar refractivity (Wildman–Crippen MR) is 70.7 cm³/mol. The summed E-state index contributed by atoms with van der Waals surface area (Å²) in [6.07, 6.45) is 3.84. The number of aromatic nitrogens is 1. The Morgan fingerprint density at radius 2 is 1.88 bits per heavy atom. The van der Waals surface area contributed by atoms with Crippen LogP contribution in [0.3, 0.4) is 0 Å². The summed E-state index contributed by atoms with van der Waals surface area (Å²) in [6.45, 7) is 1.99. The van der Waals surface area contributed by atoms with Crippen molar-refractivity contribution in [3.8, 4) is 0 Å². The van der Waals surface area contributed by atoms with E-state index in [1.807, 2.05) is 25.3 Å². The van der Waals surface area contributed by atoms with E-state index in [0.717, 1.165) is 24.1 Å². The lowest BCUT2D eigenvalue weighted by Crippen LogP contribution is -2.11. The van der Waals surface area contributed by atoms with E-state index in [9.17, 15) is 0 Å². The maximum absolute atomic E-state index is 6.15. The van der Waals surface area contributed by atoms with Crippen LogP contribution in [0.5, 0.6) is 0 Å². The topological polar surface area (TPSA) is 38.9 Å². The van der Waals surface area contributed by atoms with E-state index in [-0.39, 0.29) is 6.04 Å². The molecule has 0 fully saturated rings. The van der Waals surface area contributed by atoms with Crippen LogP contribution in [-0.4, -0.2) is 4.98 Å². The zero-order valence-electron chi connectivity index (χ0n) is 10.1. The molecule has 0 aliphatic carbocycles. The number of nitrogens with two attached hydrogens (primary N) is 1. The molecule has 88 valence electrons. The summed E-state index contributed by atoms with van der Waals surface area (Å²) in [7, 11) is 0. The summed E-state index contributed by atoms with van der Waals surface area (Å²) in [4.78, 5) is 4.28. The van der Waals surface area contributed by atoms with Crippen molar-refractivity contribution in [2.45, 2.75) is 25.8 Å². The first-order chi connectivity index (χ1) is 8.25. The molecule has 0 aliphatic rings. The number of aryl methyl sites for hydroxylation is 2. The minimum Gasteiger partial charge on any atom is -0.324 e. The number of hydrogen-bond donors (Lipinski definition) is 1. The van der Waals surface area contributed by atoms with Gasteiger partial charge >= 0.3 is 0 Å². The van der Waals surface area contributed by atoms with Crippen molar-refractivity contribution < 1.29 is 0 Å². The Labute approximate surface area is 103 Å². The summed E-state index contributed by atoms with van der Waals surface area (Å²) in [5.74, 6) is 0. The molecule has 0 bridgehead atoms. The molecule has 0 saturated carbocycles. The van der Waals surface area contributed by atoms with E-state index in [2.05, 4.69) is 35.3 Å². The lowest BCUT2D eigenvalue weighted by molar-refractivity contribution is 0.648. The molecule has 2 N–H and O–H groups in total. The molecular formula is C15H18N2. The molecule has 1 unspecified atom stereocenters. The number of pyridine rings is 1. The number of benzene rings is 1. The second-order valence-electron chi connectivity index (χ2n) is 4.36. The molecule has 1 aromatic carbocycles. The lowest BCUT2D eigenvalue weighted by Gasteiger charge is -2.11. The standard InChI is InChI=1S/C15H18N2/c1-12-7-9-14(11-17-12)15(16)10-8-13-5-3-2-4-6-13/h2-7,9,11,15H,8,10,16H2,1H3. The third-order valence-corrected chi connectivity index (χ3v) is 2.95. The van der Waals surface area contributed by atoms with Crippen LogP contribution < -0.4 is 5.73 Å². The lowest BCUT2D eigenvalue weighted by atomic mass is 10.0. The van der Waals surface area contributed by atoms with Crippen molar-refractivity contribution in [2.24, 2.45) is 5.73 Å². The fraction of sp³-hybridized carbons (Fsp3) is 0.267. The molecule has 2 aromatic rings.